The smallest absolute Gasteiger partial charge is 0.336 e. The Labute approximate surface area is 153 Å². The molecular formula is C18H30O8. The van der Waals surface area contributed by atoms with Gasteiger partial charge in [-0.1, -0.05) is 38.3 Å². The number of benzene rings is 1. The number of aliphatic hydroxyl groups is 4. The first-order valence-corrected chi connectivity index (χ1v) is 8.45. The molecular weight excluding hydrogens is 344 g/mol. The Morgan fingerprint density at radius 3 is 1.42 bits per heavy atom. The van der Waals surface area contributed by atoms with E-state index in [2.05, 4.69) is 0 Å². The Balaban J connectivity index is 0. The zero-order chi connectivity index (χ0) is 20.4. The van der Waals surface area contributed by atoms with E-state index >= 15 is 0 Å². The molecule has 0 radical (unpaired) electrons. The molecule has 0 aliphatic rings. The van der Waals surface area contributed by atoms with Crippen molar-refractivity contribution in [2.45, 2.75) is 51.7 Å². The molecule has 0 bridgehead atoms. The molecule has 6 N–H and O–H groups in total. The van der Waals surface area contributed by atoms with Crippen LogP contribution in [0.1, 0.15) is 66.2 Å². The highest BCUT2D eigenvalue weighted by atomic mass is 16.5. The van der Waals surface area contributed by atoms with E-state index in [-0.39, 0.29) is 24.3 Å². The fourth-order valence-electron chi connectivity index (χ4n) is 1.69. The van der Waals surface area contributed by atoms with Gasteiger partial charge in [0.25, 0.3) is 0 Å². The summed E-state index contributed by atoms with van der Waals surface area (Å²) in [6, 6.07) is 5.48. The molecule has 0 atom stereocenters. The van der Waals surface area contributed by atoms with E-state index in [1.165, 1.54) is 24.3 Å². The zero-order valence-electron chi connectivity index (χ0n) is 15.0. The summed E-state index contributed by atoms with van der Waals surface area (Å²) in [5, 5.41) is 49.9. The number of hydrogen-bond donors (Lipinski definition) is 6. The van der Waals surface area contributed by atoms with Crippen LogP contribution in [-0.4, -0.2) is 62.1 Å². The maximum absolute atomic E-state index is 10.5. The van der Waals surface area contributed by atoms with Gasteiger partial charge in [0.05, 0.1) is 11.1 Å². The second-order valence-electron chi connectivity index (χ2n) is 5.29. The molecule has 0 fully saturated rings. The normalized spacial score (nSPS) is 9.62. The number of carbonyl (C=O) groups is 2. The monoisotopic (exact) mass is 374 g/mol. The third-order valence-electron chi connectivity index (χ3n) is 3.00. The van der Waals surface area contributed by atoms with Gasteiger partial charge in [-0.3, -0.25) is 0 Å². The summed E-state index contributed by atoms with van der Waals surface area (Å²) in [6.07, 6.45) is 4.04. The van der Waals surface area contributed by atoms with Crippen LogP contribution in [0.5, 0.6) is 0 Å². The standard InChI is InChI=1S/C8H6O4.C6H14O2.C4H10O2/c9-7(10)5-3-1-2-4-6(5)8(11)12;7-5-3-1-2-4-6-8;1-2-3-4(5)6/h1-4H,(H,9,10)(H,11,12);7-8H,1-6H2;4-6H,2-3H2,1H3. The number of rotatable bonds is 9. The first kappa shape index (κ1) is 26.2. The summed E-state index contributed by atoms with van der Waals surface area (Å²) in [4.78, 5) is 20.9. The minimum atomic E-state index is -1.23. The van der Waals surface area contributed by atoms with Crippen molar-refractivity contribution in [3.05, 3.63) is 35.4 Å². The Morgan fingerprint density at radius 2 is 1.23 bits per heavy atom. The SMILES string of the molecule is CCCC(O)O.O=C(O)c1ccccc1C(=O)O.OCCCCCCO. The molecule has 1 aromatic rings. The highest BCUT2D eigenvalue weighted by Gasteiger charge is 2.13. The van der Waals surface area contributed by atoms with E-state index < -0.39 is 18.2 Å². The van der Waals surface area contributed by atoms with Gasteiger partial charge in [-0.05, 0) is 31.4 Å². The van der Waals surface area contributed by atoms with Crippen LogP contribution in [0.4, 0.5) is 0 Å². The van der Waals surface area contributed by atoms with Crippen LogP contribution < -0.4 is 0 Å². The summed E-state index contributed by atoms with van der Waals surface area (Å²) >= 11 is 0. The molecule has 0 saturated carbocycles. The Morgan fingerprint density at radius 1 is 0.846 bits per heavy atom. The minimum absolute atomic E-state index is 0.190. The number of aromatic carboxylic acids is 2. The highest BCUT2D eigenvalue weighted by molar-refractivity contribution is 6.01. The van der Waals surface area contributed by atoms with Crippen molar-refractivity contribution < 1.29 is 40.2 Å². The van der Waals surface area contributed by atoms with Gasteiger partial charge < -0.3 is 30.6 Å². The Kier molecular flexibility index (Phi) is 18.0. The van der Waals surface area contributed by atoms with Crippen LogP contribution in [0.2, 0.25) is 0 Å². The summed E-state index contributed by atoms with van der Waals surface area (Å²) in [5.74, 6) is -2.46. The van der Waals surface area contributed by atoms with Crippen LogP contribution in [0.3, 0.4) is 0 Å². The lowest BCUT2D eigenvalue weighted by Gasteiger charge is -1.98. The van der Waals surface area contributed by atoms with Crippen molar-refractivity contribution in [1.82, 2.24) is 0 Å². The number of carboxylic acid groups (broad SMARTS) is 2. The third kappa shape index (κ3) is 15.5. The second kappa shape index (κ2) is 17.8. The predicted molar refractivity (Wildman–Crippen MR) is 96.1 cm³/mol. The minimum Gasteiger partial charge on any atom is -0.478 e. The third-order valence-corrected chi connectivity index (χ3v) is 3.00. The maximum Gasteiger partial charge on any atom is 0.336 e. The molecule has 0 aliphatic carbocycles. The van der Waals surface area contributed by atoms with Gasteiger partial charge in [-0.2, -0.15) is 0 Å². The number of aliphatic hydroxyl groups excluding tert-OH is 3. The Hall–Kier alpha value is -2.00. The quantitative estimate of drug-likeness (QED) is 0.282. The van der Waals surface area contributed by atoms with Gasteiger partial charge in [-0.15, -0.1) is 0 Å². The lowest BCUT2D eigenvalue weighted by atomic mass is 10.1. The summed E-state index contributed by atoms with van der Waals surface area (Å²) in [6.45, 7) is 2.47. The van der Waals surface area contributed by atoms with E-state index in [1.54, 1.807) is 0 Å². The average molecular weight is 374 g/mol. The number of carboxylic acids is 2. The van der Waals surface area contributed by atoms with Gasteiger partial charge in [0.2, 0.25) is 0 Å². The van der Waals surface area contributed by atoms with Crippen molar-refractivity contribution in [3.8, 4) is 0 Å². The van der Waals surface area contributed by atoms with E-state index in [9.17, 15) is 9.59 Å². The average Bonchev–Trinajstić information content (AvgIpc) is 2.59. The lowest BCUT2D eigenvalue weighted by molar-refractivity contribution is -0.0453. The molecule has 0 amide bonds. The lowest BCUT2D eigenvalue weighted by Crippen LogP contribution is -2.06. The maximum atomic E-state index is 10.5. The predicted octanol–water partition coefficient (Wildman–Crippen LogP) is 1.71. The molecule has 1 aromatic carbocycles. The van der Waals surface area contributed by atoms with Gasteiger partial charge in [-0.25, -0.2) is 9.59 Å². The summed E-state index contributed by atoms with van der Waals surface area (Å²) in [5.41, 5.74) is -0.380. The van der Waals surface area contributed by atoms with E-state index in [0.717, 1.165) is 32.1 Å². The van der Waals surface area contributed by atoms with Crippen LogP contribution >= 0.6 is 0 Å². The first-order chi connectivity index (χ1) is 12.3. The van der Waals surface area contributed by atoms with Crippen LogP contribution in [-0.2, 0) is 0 Å². The largest absolute Gasteiger partial charge is 0.478 e. The van der Waals surface area contributed by atoms with E-state index in [0.29, 0.717) is 6.42 Å². The molecule has 0 aromatic heterocycles. The molecule has 8 heteroatoms. The van der Waals surface area contributed by atoms with Crippen molar-refractivity contribution >= 4 is 11.9 Å². The molecule has 150 valence electrons. The number of unbranched alkanes of at least 4 members (excludes halogenated alkanes) is 3. The van der Waals surface area contributed by atoms with Gasteiger partial charge in [0.15, 0.2) is 6.29 Å². The van der Waals surface area contributed by atoms with Crippen LogP contribution in [0.15, 0.2) is 24.3 Å². The van der Waals surface area contributed by atoms with E-state index in [4.69, 9.17) is 30.6 Å². The molecule has 0 unspecified atom stereocenters. The topological polar surface area (TPSA) is 156 Å². The summed E-state index contributed by atoms with van der Waals surface area (Å²) < 4.78 is 0. The van der Waals surface area contributed by atoms with E-state index in [1.807, 2.05) is 6.92 Å². The molecule has 0 aliphatic heterocycles. The second-order valence-corrected chi connectivity index (χ2v) is 5.29. The van der Waals surface area contributed by atoms with Crippen LogP contribution in [0, 0.1) is 0 Å². The summed E-state index contributed by atoms with van der Waals surface area (Å²) in [7, 11) is 0. The van der Waals surface area contributed by atoms with Gasteiger partial charge in [0, 0.05) is 13.2 Å². The molecule has 26 heavy (non-hydrogen) atoms. The molecule has 8 nitrogen and oxygen atoms in total. The molecule has 0 heterocycles. The van der Waals surface area contributed by atoms with Crippen LogP contribution in [0.25, 0.3) is 0 Å². The van der Waals surface area contributed by atoms with Crippen molar-refractivity contribution in [2.75, 3.05) is 13.2 Å². The fourth-order valence-corrected chi connectivity index (χ4v) is 1.69. The van der Waals surface area contributed by atoms with Crippen molar-refractivity contribution in [3.63, 3.8) is 0 Å². The zero-order valence-corrected chi connectivity index (χ0v) is 15.0. The Bertz CT molecular complexity index is 449. The number of hydrogen-bond acceptors (Lipinski definition) is 6. The van der Waals surface area contributed by atoms with Crippen molar-refractivity contribution in [2.24, 2.45) is 0 Å². The molecule has 0 saturated heterocycles. The highest BCUT2D eigenvalue weighted by Crippen LogP contribution is 2.07. The van der Waals surface area contributed by atoms with Gasteiger partial charge >= 0.3 is 11.9 Å². The molecule has 1 rings (SSSR count). The van der Waals surface area contributed by atoms with Crippen molar-refractivity contribution in [1.29, 1.82) is 0 Å². The van der Waals surface area contributed by atoms with Gasteiger partial charge in [0.1, 0.15) is 0 Å². The fraction of sp³-hybridized carbons (Fsp3) is 0.556. The first-order valence-electron chi connectivity index (χ1n) is 8.45. The molecule has 0 spiro atoms.